The van der Waals surface area contributed by atoms with E-state index in [0.717, 1.165) is 16.7 Å². The Balaban J connectivity index is 2.30. The van der Waals surface area contributed by atoms with E-state index in [0.29, 0.717) is 5.75 Å². The van der Waals surface area contributed by atoms with E-state index in [1.807, 2.05) is 42.5 Å². The molecule has 1 N–H and O–H groups in total. The first-order chi connectivity index (χ1) is 9.19. The van der Waals surface area contributed by atoms with Crippen LogP contribution >= 0.6 is 11.6 Å². The highest BCUT2D eigenvalue weighted by atomic mass is 35.5. The van der Waals surface area contributed by atoms with Crippen molar-refractivity contribution in [2.75, 3.05) is 6.07 Å². The highest BCUT2D eigenvalue weighted by Crippen LogP contribution is 2.25. The van der Waals surface area contributed by atoms with Crippen LogP contribution in [-0.4, -0.2) is 17.1 Å². The van der Waals surface area contributed by atoms with Crippen molar-refractivity contribution in [2.24, 2.45) is 0 Å². The van der Waals surface area contributed by atoms with Crippen molar-refractivity contribution >= 4 is 17.6 Å². The van der Waals surface area contributed by atoms with Crippen molar-refractivity contribution in [3.63, 3.8) is 0 Å². The number of halogens is 1. The van der Waals surface area contributed by atoms with Crippen LogP contribution in [0, 0.1) is 0 Å². The molecule has 0 saturated heterocycles. The van der Waals surface area contributed by atoms with Crippen LogP contribution in [0.5, 0.6) is 5.75 Å². The first-order valence-electron chi connectivity index (χ1n) is 5.79. The molecule has 0 aliphatic heterocycles. The molecule has 4 heteroatoms. The standard InChI is InChI=1S/C15H13ClO3/c16-10-19-14-6-2-5-13(9-14)12-4-1-3-11(7-12)8-15(17)18/h1-7,9H,8,10H2,(H,17,18). The molecule has 0 fully saturated rings. The molecule has 2 aromatic rings. The summed E-state index contributed by atoms with van der Waals surface area (Å²) in [5.41, 5.74) is 2.70. The van der Waals surface area contributed by atoms with Gasteiger partial charge in [-0.05, 0) is 28.8 Å². The van der Waals surface area contributed by atoms with Gasteiger partial charge in [0.2, 0.25) is 0 Å². The number of benzene rings is 2. The van der Waals surface area contributed by atoms with Gasteiger partial charge in [0.05, 0.1) is 6.42 Å². The lowest BCUT2D eigenvalue weighted by Gasteiger charge is -2.07. The average Bonchev–Trinajstić information content (AvgIpc) is 2.39. The average molecular weight is 277 g/mol. The highest BCUT2D eigenvalue weighted by molar-refractivity contribution is 6.17. The molecule has 0 saturated carbocycles. The molecule has 0 amide bonds. The van der Waals surface area contributed by atoms with Crippen LogP contribution < -0.4 is 4.74 Å². The number of aliphatic carboxylic acids is 1. The van der Waals surface area contributed by atoms with E-state index in [1.54, 1.807) is 6.07 Å². The summed E-state index contributed by atoms with van der Waals surface area (Å²) < 4.78 is 5.23. The largest absolute Gasteiger partial charge is 0.481 e. The number of hydrogen-bond donors (Lipinski definition) is 1. The Morgan fingerprint density at radius 1 is 1.11 bits per heavy atom. The second-order valence-electron chi connectivity index (χ2n) is 4.05. The number of alkyl halides is 1. The predicted octanol–water partition coefficient (Wildman–Crippen LogP) is 3.56. The topological polar surface area (TPSA) is 46.5 Å². The van der Waals surface area contributed by atoms with Gasteiger partial charge in [-0.3, -0.25) is 4.79 Å². The Kier molecular flexibility index (Phi) is 4.42. The minimum Gasteiger partial charge on any atom is -0.481 e. The number of ether oxygens (including phenoxy) is 1. The third-order valence-corrected chi connectivity index (χ3v) is 2.78. The Hall–Kier alpha value is -2.00. The van der Waals surface area contributed by atoms with Gasteiger partial charge >= 0.3 is 5.97 Å². The normalized spacial score (nSPS) is 10.2. The monoisotopic (exact) mass is 276 g/mol. The minimum atomic E-state index is -0.837. The van der Waals surface area contributed by atoms with E-state index in [9.17, 15) is 4.79 Å². The number of hydrogen-bond acceptors (Lipinski definition) is 2. The van der Waals surface area contributed by atoms with Gasteiger partial charge in [0, 0.05) is 0 Å². The molecule has 0 spiro atoms. The Morgan fingerprint density at radius 3 is 2.47 bits per heavy atom. The summed E-state index contributed by atoms with van der Waals surface area (Å²) in [6.45, 7) is 0. The number of carboxylic acid groups (broad SMARTS) is 1. The Bertz CT molecular complexity index is 581. The Labute approximate surface area is 116 Å². The molecule has 3 nitrogen and oxygen atoms in total. The zero-order valence-electron chi connectivity index (χ0n) is 10.2. The number of carboxylic acids is 1. The van der Waals surface area contributed by atoms with Crippen molar-refractivity contribution in [1.29, 1.82) is 0 Å². The maximum Gasteiger partial charge on any atom is 0.307 e. The molecule has 0 bridgehead atoms. The van der Waals surface area contributed by atoms with Gasteiger partial charge in [0.1, 0.15) is 5.75 Å². The van der Waals surface area contributed by atoms with Crippen molar-refractivity contribution in [3.8, 4) is 16.9 Å². The summed E-state index contributed by atoms with van der Waals surface area (Å²) in [5.74, 6) is -0.146. The van der Waals surface area contributed by atoms with Gasteiger partial charge in [-0.15, -0.1) is 0 Å². The second-order valence-corrected chi connectivity index (χ2v) is 4.27. The number of rotatable bonds is 5. The molecule has 0 aliphatic rings. The summed E-state index contributed by atoms with van der Waals surface area (Å²) in [7, 11) is 0. The summed E-state index contributed by atoms with van der Waals surface area (Å²) in [5, 5.41) is 8.81. The molecule has 2 rings (SSSR count). The lowest BCUT2D eigenvalue weighted by Crippen LogP contribution is -1.99. The fourth-order valence-corrected chi connectivity index (χ4v) is 1.99. The van der Waals surface area contributed by atoms with E-state index >= 15 is 0 Å². The number of carbonyl (C=O) groups is 1. The molecular formula is C15H13ClO3. The van der Waals surface area contributed by atoms with Crippen LogP contribution in [0.3, 0.4) is 0 Å². The van der Waals surface area contributed by atoms with E-state index in [4.69, 9.17) is 21.4 Å². The van der Waals surface area contributed by atoms with Gasteiger partial charge in [-0.2, -0.15) is 0 Å². The first kappa shape index (κ1) is 13.4. The highest BCUT2D eigenvalue weighted by Gasteiger charge is 2.04. The maximum atomic E-state index is 10.7. The molecule has 19 heavy (non-hydrogen) atoms. The van der Waals surface area contributed by atoms with Gasteiger partial charge in [0.25, 0.3) is 0 Å². The molecule has 0 radical (unpaired) electrons. The third-order valence-electron chi connectivity index (χ3n) is 2.67. The van der Waals surface area contributed by atoms with E-state index < -0.39 is 5.97 Å². The fraction of sp³-hybridized carbons (Fsp3) is 0.133. The van der Waals surface area contributed by atoms with Crippen LogP contribution in [0.15, 0.2) is 48.5 Å². The smallest absolute Gasteiger partial charge is 0.307 e. The Morgan fingerprint density at radius 2 is 1.79 bits per heavy atom. The lowest BCUT2D eigenvalue weighted by molar-refractivity contribution is -0.136. The van der Waals surface area contributed by atoms with E-state index in [2.05, 4.69) is 0 Å². The molecule has 0 atom stereocenters. The summed E-state index contributed by atoms with van der Waals surface area (Å²) in [6, 6.07) is 15.1. The van der Waals surface area contributed by atoms with E-state index in [1.165, 1.54) is 0 Å². The van der Waals surface area contributed by atoms with Crippen molar-refractivity contribution in [1.82, 2.24) is 0 Å². The zero-order valence-corrected chi connectivity index (χ0v) is 10.9. The molecule has 2 aromatic carbocycles. The molecular weight excluding hydrogens is 264 g/mol. The molecule has 98 valence electrons. The first-order valence-corrected chi connectivity index (χ1v) is 6.32. The third kappa shape index (κ3) is 3.73. The molecule has 0 aromatic heterocycles. The van der Waals surface area contributed by atoms with Crippen molar-refractivity contribution in [2.45, 2.75) is 6.42 Å². The fourth-order valence-electron chi connectivity index (χ4n) is 1.86. The van der Waals surface area contributed by atoms with Gasteiger partial charge in [-0.1, -0.05) is 48.0 Å². The zero-order chi connectivity index (χ0) is 13.7. The maximum absolute atomic E-state index is 10.7. The van der Waals surface area contributed by atoms with Crippen molar-refractivity contribution in [3.05, 3.63) is 54.1 Å². The summed E-state index contributed by atoms with van der Waals surface area (Å²) in [4.78, 5) is 10.7. The minimum absolute atomic E-state index is 0.0196. The van der Waals surface area contributed by atoms with Crippen LogP contribution in [0.2, 0.25) is 0 Å². The lowest BCUT2D eigenvalue weighted by atomic mass is 10.0. The quantitative estimate of drug-likeness (QED) is 0.850. The van der Waals surface area contributed by atoms with Gasteiger partial charge < -0.3 is 9.84 Å². The SMILES string of the molecule is O=C(O)Cc1cccc(-c2cccc(OCCl)c2)c1. The predicted molar refractivity (Wildman–Crippen MR) is 74.6 cm³/mol. The van der Waals surface area contributed by atoms with Crippen LogP contribution in [0.25, 0.3) is 11.1 Å². The van der Waals surface area contributed by atoms with Crippen LogP contribution in [0.4, 0.5) is 0 Å². The van der Waals surface area contributed by atoms with Gasteiger partial charge in [0.15, 0.2) is 6.07 Å². The summed E-state index contributed by atoms with van der Waals surface area (Å²) in [6.07, 6.45) is 0.0196. The molecule has 0 unspecified atom stereocenters. The van der Waals surface area contributed by atoms with Crippen LogP contribution in [-0.2, 0) is 11.2 Å². The van der Waals surface area contributed by atoms with Crippen LogP contribution in [0.1, 0.15) is 5.56 Å². The summed E-state index contributed by atoms with van der Waals surface area (Å²) >= 11 is 5.53. The van der Waals surface area contributed by atoms with Gasteiger partial charge in [-0.25, -0.2) is 0 Å². The van der Waals surface area contributed by atoms with Crippen molar-refractivity contribution < 1.29 is 14.6 Å². The second kappa shape index (κ2) is 6.25. The molecule has 0 heterocycles. The van der Waals surface area contributed by atoms with E-state index in [-0.39, 0.29) is 12.5 Å². The molecule has 0 aliphatic carbocycles.